The Labute approximate surface area is 164 Å². The maximum atomic E-state index is 12.9. The van der Waals surface area contributed by atoms with Crippen molar-refractivity contribution in [2.75, 3.05) is 5.32 Å². The van der Waals surface area contributed by atoms with Gasteiger partial charge in [-0.2, -0.15) is 0 Å². The minimum absolute atomic E-state index is 0.235. The number of anilines is 1. The first-order valence-corrected chi connectivity index (χ1v) is 9.13. The van der Waals surface area contributed by atoms with E-state index in [0.717, 1.165) is 10.0 Å². The fourth-order valence-corrected chi connectivity index (χ4v) is 3.37. The van der Waals surface area contributed by atoms with Gasteiger partial charge in [0.1, 0.15) is 0 Å². The summed E-state index contributed by atoms with van der Waals surface area (Å²) < 4.78 is 0.968. The lowest BCUT2D eigenvalue weighted by Gasteiger charge is -2.30. The van der Waals surface area contributed by atoms with E-state index in [9.17, 15) is 4.79 Å². The summed E-state index contributed by atoms with van der Waals surface area (Å²) in [5.41, 5.74) is 2.78. The van der Waals surface area contributed by atoms with Gasteiger partial charge < -0.3 is 16.0 Å². The van der Waals surface area contributed by atoms with Gasteiger partial charge in [0.25, 0.3) is 5.91 Å². The molecule has 0 unspecified atom stereocenters. The zero-order valence-corrected chi connectivity index (χ0v) is 16.4. The van der Waals surface area contributed by atoms with Gasteiger partial charge >= 0.3 is 0 Å². The van der Waals surface area contributed by atoms with E-state index in [1.54, 1.807) is 12.1 Å². The molecule has 7 heteroatoms. The summed E-state index contributed by atoms with van der Waals surface area (Å²) in [5, 5.41) is 10.0. The molecule has 0 saturated heterocycles. The summed E-state index contributed by atoms with van der Waals surface area (Å²) in [6, 6.07) is 14.6. The number of allylic oxidation sites excluding steroid dienone is 1. The molecular weight excluding hydrogens is 422 g/mol. The van der Waals surface area contributed by atoms with Gasteiger partial charge in [-0.15, -0.1) is 0 Å². The Hall–Kier alpha value is -1.89. The number of hydrogen-bond donors (Lipinski definition) is 3. The van der Waals surface area contributed by atoms with Crippen LogP contribution in [-0.4, -0.2) is 11.0 Å². The zero-order valence-electron chi connectivity index (χ0n) is 13.3. The molecule has 0 aromatic heterocycles. The normalized spacial score (nSPS) is 16.9. The highest BCUT2D eigenvalue weighted by Gasteiger charge is 2.30. The number of hydrogen-bond acceptors (Lipinski definition) is 2. The van der Waals surface area contributed by atoms with Gasteiger partial charge in [0.05, 0.1) is 22.3 Å². The average molecular weight is 437 g/mol. The Bertz CT molecular complexity index is 867. The lowest BCUT2D eigenvalue weighted by atomic mass is 9.95. The largest absolute Gasteiger partial charge is 0.351 e. The van der Waals surface area contributed by atoms with Crippen molar-refractivity contribution >= 4 is 56.5 Å². The Morgan fingerprint density at radius 3 is 2.56 bits per heavy atom. The second kappa shape index (κ2) is 7.56. The monoisotopic (exact) mass is 435 g/mol. The molecule has 1 aliphatic heterocycles. The van der Waals surface area contributed by atoms with Crippen LogP contribution in [0.2, 0.25) is 5.02 Å². The minimum Gasteiger partial charge on any atom is -0.351 e. The lowest BCUT2D eigenvalue weighted by Crippen LogP contribution is -2.45. The number of benzene rings is 2. The molecule has 1 heterocycles. The van der Waals surface area contributed by atoms with E-state index in [-0.39, 0.29) is 11.9 Å². The number of rotatable bonds is 3. The molecule has 0 saturated carbocycles. The SMILES string of the molecule is CC1=C(C(=O)Nc2ccccc2Cl)[C@H](c2ccc(Br)cc2)NC(=S)N1. The van der Waals surface area contributed by atoms with Crippen LogP contribution >= 0.6 is 39.7 Å². The van der Waals surface area contributed by atoms with Crippen LogP contribution in [0.4, 0.5) is 5.69 Å². The van der Waals surface area contributed by atoms with Gasteiger partial charge in [0.15, 0.2) is 5.11 Å². The summed E-state index contributed by atoms with van der Waals surface area (Å²) in [6.45, 7) is 1.83. The molecule has 1 amide bonds. The van der Waals surface area contributed by atoms with E-state index >= 15 is 0 Å². The van der Waals surface area contributed by atoms with Crippen molar-refractivity contribution < 1.29 is 4.79 Å². The van der Waals surface area contributed by atoms with Crippen LogP contribution in [0.1, 0.15) is 18.5 Å². The van der Waals surface area contributed by atoms with Crippen molar-refractivity contribution in [3.63, 3.8) is 0 Å². The molecule has 0 fully saturated rings. The van der Waals surface area contributed by atoms with E-state index < -0.39 is 0 Å². The summed E-state index contributed by atoms with van der Waals surface area (Å²) in [4.78, 5) is 12.9. The van der Waals surface area contributed by atoms with Gasteiger partial charge in [-0.05, 0) is 49.0 Å². The van der Waals surface area contributed by atoms with Crippen molar-refractivity contribution in [3.05, 3.63) is 74.9 Å². The molecule has 25 heavy (non-hydrogen) atoms. The first-order valence-electron chi connectivity index (χ1n) is 7.55. The zero-order chi connectivity index (χ0) is 18.0. The minimum atomic E-state index is -0.343. The van der Waals surface area contributed by atoms with Crippen LogP contribution in [-0.2, 0) is 4.79 Å². The third kappa shape index (κ3) is 4.03. The van der Waals surface area contributed by atoms with Crippen LogP contribution in [0, 0.1) is 0 Å². The molecule has 128 valence electrons. The second-order valence-electron chi connectivity index (χ2n) is 5.56. The quantitative estimate of drug-likeness (QED) is 0.619. The predicted octanol–water partition coefficient (Wildman–Crippen LogP) is 4.53. The topological polar surface area (TPSA) is 53.2 Å². The lowest BCUT2D eigenvalue weighted by molar-refractivity contribution is -0.113. The van der Waals surface area contributed by atoms with Gasteiger partial charge in [0.2, 0.25) is 0 Å². The van der Waals surface area contributed by atoms with E-state index in [2.05, 4.69) is 31.9 Å². The summed E-state index contributed by atoms with van der Waals surface area (Å²) in [5.74, 6) is -0.235. The van der Waals surface area contributed by atoms with E-state index in [1.807, 2.05) is 43.3 Å². The number of carbonyl (C=O) groups is 1. The number of halogens is 2. The molecule has 1 aliphatic rings. The fraction of sp³-hybridized carbons (Fsp3) is 0.111. The molecule has 0 aliphatic carbocycles. The van der Waals surface area contributed by atoms with Crippen LogP contribution < -0.4 is 16.0 Å². The third-order valence-electron chi connectivity index (χ3n) is 3.84. The number of thiocarbonyl (C=S) groups is 1. The van der Waals surface area contributed by atoms with E-state index in [4.69, 9.17) is 23.8 Å². The number of nitrogens with one attached hydrogen (secondary N) is 3. The molecule has 4 nitrogen and oxygen atoms in total. The maximum Gasteiger partial charge on any atom is 0.255 e. The Balaban J connectivity index is 1.96. The Kier molecular flexibility index (Phi) is 5.42. The molecule has 2 aromatic rings. The highest BCUT2D eigenvalue weighted by molar-refractivity contribution is 9.10. The van der Waals surface area contributed by atoms with Crippen molar-refractivity contribution in [1.82, 2.24) is 10.6 Å². The van der Waals surface area contributed by atoms with Crippen molar-refractivity contribution in [2.24, 2.45) is 0 Å². The number of carbonyl (C=O) groups excluding carboxylic acids is 1. The fourth-order valence-electron chi connectivity index (χ4n) is 2.65. The first kappa shape index (κ1) is 17.9. The average Bonchev–Trinajstić information content (AvgIpc) is 2.57. The van der Waals surface area contributed by atoms with Crippen molar-refractivity contribution in [2.45, 2.75) is 13.0 Å². The smallest absolute Gasteiger partial charge is 0.255 e. The van der Waals surface area contributed by atoms with Crippen molar-refractivity contribution in [3.8, 4) is 0 Å². The molecule has 3 N–H and O–H groups in total. The van der Waals surface area contributed by atoms with Crippen LogP contribution in [0.25, 0.3) is 0 Å². The van der Waals surface area contributed by atoms with Gasteiger partial charge in [0, 0.05) is 10.2 Å². The molecule has 0 radical (unpaired) electrons. The Morgan fingerprint density at radius 1 is 1.20 bits per heavy atom. The number of amides is 1. The summed E-state index contributed by atoms with van der Waals surface area (Å²) in [7, 11) is 0. The maximum absolute atomic E-state index is 12.9. The van der Waals surface area contributed by atoms with Crippen LogP contribution in [0.15, 0.2) is 64.3 Å². The van der Waals surface area contributed by atoms with E-state index in [1.165, 1.54) is 0 Å². The molecule has 0 bridgehead atoms. The first-order chi connectivity index (χ1) is 12.0. The molecule has 3 rings (SSSR count). The van der Waals surface area contributed by atoms with Gasteiger partial charge in [-0.25, -0.2) is 0 Å². The predicted molar refractivity (Wildman–Crippen MR) is 109 cm³/mol. The van der Waals surface area contributed by atoms with Crippen LogP contribution in [0.3, 0.4) is 0 Å². The molecular formula is C18H15BrClN3OS. The molecule has 2 aromatic carbocycles. The van der Waals surface area contributed by atoms with Crippen LogP contribution in [0.5, 0.6) is 0 Å². The summed E-state index contributed by atoms with van der Waals surface area (Å²) in [6.07, 6.45) is 0. The molecule has 1 atom stereocenters. The standard InChI is InChI=1S/C18H15BrClN3OS/c1-10-15(17(24)22-14-5-3-2-4-13(14)20)16(23-18(25)21-10)11-6-8-12(19)9-7-11/h2-9,16H,1H3,(H,22,24)(H2,21,23,25)/t16-/m0/s1. The van der Waals surface area contributed by atoms with Crippen molar-refractivity contribution in [1.29, 1.82) is 0 Å². The third-order valence-corrected chi connectivity index (χ3v) is 4.92. The number of para-hydroxylation sites is 1. The van der Waals surface area contributed by atoms with E-state index in [0.29, 0.717) is 27.1 Å². The highest BCUT2D eigenvalue weighted by Crippen LogP contribution is 2.29. The molecule has 0 spiro atoms. The second-order valence-corrected chi connectivity index (χ2v) is 7.29. The Morgan fingerprint density at radius 2 is 1.88 bits per heavy atom. The summed E-state index contributed by atoms with van der Waals surface area (Å²) >= 11 is 14.8. The highest BCUT2D eigenvalue weighted by atomic mass is 79.9. The van der Waals surface area contributed by atoms with Gasteiger partial charge in [-0.1, -0.05) is 51.8 Å². The van der Waals surface area contributed by atoms with Gasteiger partial charge in [-0.3, -0.25) is 4.79 Å².